The second-order valence-corrected chi connectivity index (χ2v) is 4.45. The number of amides is 2. The number of carbonyl (C=O) groups is 1. The molecule has 0 aromatic heterocycles. The Labute approximate surface area is 107 Å². The number of carbonyl (C=O) groups excluding carboxylic acids is 1. The Morgan fingerprint density at radius 2 is 2.06 bits per heavy atom. The van der Waals surface area contributed by atoms with Crippen molar-refractivity contribution in [3.63, 3.8) is 0 Å². The largest absolute Gasteiger partial charge is 0.492 e. The van der Waals surface area contributed by atoms with Crippen molar-refractivity contribution < 1.29 is 9.53 Å². The quantitative estimate of drug-likeness (QED) is 0.546. The highest BCUT2D eigenvalue weighted by molar-refractivity contribution is 5.74. The topological polar surface area (TPSA) is 76.4 Å². The van der Waals surface area contributed by atoms with Crippen molar-refractivity contribution in [3.05, 3.63) is 24.3 Å². The van der Waals surface area contributed by atoms with Crippen LogP contribution in [-0.4, -0.2) is 25.2 Å². The normalized spacial score (nSPS) is 14.7. The van der Waals surface area contributed by atoms with Gasteiger partial charge in [0.25, 0.3) is 0 Å². The van der Waals surface area contributed by atoms with E-state index in [9.17, 15) is 4.79 Å². The van der Waals surface area contributed by atoms with Crippen LogP contribution in [-0.2, 0) is 0 Å². The van der Waals surface area contributed by atoms with Gasteiger partial charge in [0, 0.05) is 11.7 Å². The summed E-state index contributed by atoms with van der Waals surface area (Å²) < 4.78 is 5.46. The fourth-order valence-corrected chi connectivity index (χ4v) is 1.69. The first-order valence-corrected chi connectivity index (χ1v) is 6.27. The molecule has 4 N–H and O–H groups in total. The van der Waals surface area contributed by atoms with Gasteiger partial charge < -0.3 is 21.1 Å². The van der Waals surface area contributed by atoms with Gasteiger partial charge >= 0.3 is 6.03 Å². The number of hydrogen-bond donors (Lipinski definition) is 3. The smallest absolute Gasteiger partial charge is 0.315 e. The minimum Gasteiger partial charge on any atom is -0.492 e. The average Bonchev–Trinajstić information content (AvgIpc) is 2.32. The summed E-state index contributed by atoms with van der Waals surface area (Å²) in [6.45, 7) is 0.935. The molecule has 0 heterocycles. The predicted octanol–water partition coefficient (Wildman–Crippen LogP) is 1.50. The van der Waals surface area contributed by atoms with Gasteiger partial charge in [0.1, 0.15) is 12.4 Å². The standard InChI is InChI=1S/C13H19N3O2/c14-10-4-6-12(7-5-10)18-9-8-15-13(17)16-11-2-1-3-11/h4-7,11H,1-3,8-9,14H2,(H2,15,16,17). The van der Waals surface area contributed by atoms with Crippen molar-refractivity contribution in [1.29, 1.82) is 0 Å². The number of ether oxygens (including phenoxy) is 1. The Hall–Kier alpha value is -1.91. The number of anilines is 1. The molecule has 1 aliphatic rings. The lowest BCUT2D eigenvalue weighted by molar-refractivity contribution is 0.224. The summed E-state index contributed by atoms with van der Waals surface area (Å²) >= 11 is 0. The molecule has 0 saturated heterocycles. The highest BCUT2D eigenvalue weighted by Crippen LogP contribution is 2.17. The number of benzene rings is 1. The zero-order valence-electron chi connectivity index (χ0n) is 10.3. The van der Waals surface area contributed by atoms with Crippen LogP contribution in [0.25, 0.3) is 0 Å². The molecule has 1 aromatic carbocycles. The van der Waals surface area contributed by atoms with Crippen LogP contribution in [0.4, 0.5) is 10.5 Å². The van der Waals surface area contributed by atoms with Gasteiger partial charge in [-0.05, 0) is 43.5 Å². The van der Waals surface area contributed by atoms with E-state index in [4.69, 9.17) is 10.5 Å². The first-order valence-electron chi connectivity index (χ1n) is 6.27. The summed E-state index contributed by atoms with van der Waals surface area (Å²) in [5.41, 5.74) is 6.27. The van der Waals surface area contributed by atoms with E-state index in [0.29, 0.717) is 24.9 Å². The molecule has 0 spiro atoms. The van der Waals surface area contributed by atoms with E-state index in [0.717, 1.165) is 18.6 Å². The molecule has 2 rings (SSSR count). The van der Waals surface area contributed by atoms with E-state index in [1.165, 1.54) is 6.42 Å². The fourth-order valence-electron chi connectivity index (χ4n) is 1.69. The van der Waals surface area contributed by atoms with Crippen LogP contribution in [0.5, 0.6) is 5.75 Å². The van der Waals surface area contributed by atoms with Gasteiger partial charge in [-0.15, -0.1) is 0 Å². The summed E-state index contributed by atoms with van der Waals surface area (Å²) in [5.74, 6) is 0.755. The zero-order valence-corrected chi connectivity index (χ0v) is 10.3. The molecule has 18 heavy (non-hydrogen) atoms. The minimum absolute atomic E-state index is 0.111. The van der Waals surface area contributed by atoms with Crippen molar-refractivity contribution in [2.45, 2.75) is 25.3 Å². The number of rotatable bonds is 5. The van der Waals surface area contributed by atoms with Gasteiger partial charge in [0.2, 0.25) is 0 Å². The van der Waals surface area contributed by atoms with E-state index in [2.05, 4.69) is 10.6 Å². The molecule has 1 aromatic rings. The maximum absolute atomic E-state index is 11.4. The molecule has 5 nitrogen and oxygen atoms in total. The van der Waals surface area contributed by atoms with Gasteiger partial charge in [-0.3, -0.25) is 0 Å². The lowest BCUT2D eigenvalue weighted by Gasteiger charge is -2.26. The zero-order chi connectivity index (χ0) is 12.8. The van der Waals surface area contributed by atoms with Gasteiger partial charge in [0.05, 0.1) is 6.54 Å². The third kappa shape index (κ3) is 3.84. The maximum Gasteiger partial charge on any atom is 0.315 e. The predicted molar refractivity (Wildman–Crippen MR) is 70.5 cm³/mol. The van der Waals surface area contributed by atoms with Crippen LogP contribution in [0, 0.1) is 0 Å². The van der Waals surface area contributed by atoms with E-state index < -0.39 is 0 Å². The van der Waals surface area contributed by atoms with Crippen LogP contribution in [0.15, 0.2) is 24.3 Å². The lowest BCUT2D eigenvalue weighted by Crippen LogP contribution is -2.46. The maximum atomic E-state index is 11.4. The summed E-state index contributed by atoms with van der Waals surface area (Å²) in [6, 6.07) is 7.44. The van der Waals surface area contributed by atoms with Crippen molar-refractivity contribution in [1.82, 2.24) is 10.6 Å². The van der Waals surface area contributed by atoms with E-state index in [1.54, 1.807) is 12.1 Å². The molecular formula is C13H19N3O2. The fraction of sp³-hybridized carbons (Fsp3) is 0.462. The summed E-state index contributed by atoms with van der Waals surface area (Å²) in [7, 11) is 0. The number of nitrogens with one attached hydrogen (secondary N) is 2. The molecule has 0 aliphatic heterocycles. The van der Waals surface area contributed by atoms with Gasteiger partial charge in [-0.25, -0.2) is 4.79 Å². The van der Waals surface area contributed by atoms with E-state index in [1.807, 2.05) is 12.1 Å². The van der Waals surface area contributed by atoms with Crippen molar-refractivity contribution in [2.75, 3.05) is 18.9 Å². The summed E-state index contributed by atoms with van der Waals surface area (Å²) in [4.78, 5) is 11.4. The molecule has 2 amide bonds. The van der Waals surface area contributed by atoms with Gasteiger partial charge in [-0.2, -0.15) is 0 Å². The molecule has 1 aliphatic carbocycles. The van der Waals surface area contributed by atoms with Gasteiger partial charge in [-0.1, -0.05) is 0 Å². The van der Waals surface area contributed by atoms with Crippen LogP contribution >= 0.6 is 0 Å². The highest BCUT2D eigenvalue weighted by atomic mass is 16.5. The molecule has 0 bridgehead atoms. The summed E-state index contributed by atoms with van der Waals surface area (Å²) in [6.07, 6.45) is 3.40. The molecule has 1 fully saturated rings. The Morgan fingerprint density at radius 3 is 2.67 bits per heavy atom. The monoisotopic (exact) mass is 249 g/mol. The van der Waals surface area contributed by atoms with Crippen LogP contribution in [0.2, 0.25) is 0 Å². The van der Waals surface area contributed by atoms with Crippen molar-refractivity contribution >= 4 is 11.7 Å². The second-order valence-electron chi connectivity index (χ2n) is 4.45. The van der Waals surface area contributed by atoms with Crippen LogP contribution < -0.4 is 21.1 Å². The second kappa shape index (κ2) is 6.14. The SMILES string of the molecule is Nc1ccc(OCCNC(=O)NC2CCC2)cc1. The molecule has 5 heteroatoms. The number of nitrogens with two attached hydrogens (primary N) is 1. The Morgan fingerprint density at radius 1 is 1.33 bits per heavy atom. The molecular weight excluding hydrogens is 230 g/mol. The molecule has 0 unspecified atom stereocenters. The first kappa shape index (κ1) is 12.5. The highest BCUT2D eigenvalue weighted by Gasteiger charge is 2.18. The number of nitrogen functional groups attached to an aromatic ring is 1. The van der Waals surface area contributed by atoms with Crippen LogP contribution in [0.3, 0.4) is 0 Å². The number of urea groups is 1. The third-order valence-electron chi connectivity index (χ3n) is 2.98. The molecule has 0 radical (unpaired) electrons. The molecule has 1 saturated carbocycles. The van der Waals surface area contributed by atoms with E-state index >= 15 is 0 Å². The van der Waals surface area contributed by atoms with Gasteiger partial charge in [0.15, 0.2) is 0 Å². The van der Waals surface area contributed by atoms with Crippen LogP contribution in [0.1, 0.15) is 19.3 Å². The van der Waals surface area contributed by atoms with E-state index in [-0.39, 0.29) is 6.03 Å². The molecule has 0 atom stereocenters. The summed E-state index contributed by atoms with van der Waals surface area (Å²) in [5, 5.41) is 5.66. The third-order valence-corrected chi connectivity index (χ3v) is 2.98. The number of hydrogen-bond acceptors (Lipinski definition) is 3. The Balaban J connectivity index is 1.57. The van der Waals surface area contributed by atoms with Crippen molar-refractivity contribution in [2.24, 2.45) is 0 Å². The van der Waals surface area contributed by atoms with Crippen molar-refractivity contribution in [3.8, 4) is 5.75 Å². The lowest BCUT2D eigenvalue weighted by atomic mass is 9.93. The molecule has 98 valence electrons. The Kier molecular flexibility index (Phi) is 4.28. The first-order chi connectivity index (χ1) is 8.74. The minimum atomic E-state index is -0.111. The Bertz CT molecular complexity index is 388. The average molecular weight is 249 g/mol.